The van der Waals surface area contributed by atoms with E-state index in [9.17, 15) is 42.3 Å². The van der Waals surface area contributed by atoms with Crippen molar-refractivity contribution in [1.82, 2.24) is 16.0 Å². The molecule has 3 heterocycles. The maximum atomic E-state index is 13.4. The van der Waals surface area contributed by atoms with Crippen molar-refractivity contribution < 1.29 is 75.8 Å². The van der Waals surface area contributed by atoms with Gasteiger partial charge in [0.15, 0.2) is 11.5 Å². The summed E-state index contributed by atoms with van der Waals surface area (Å²) in [5, 5.41) is 36.4. The van der Waals surface area contributed by atoms with E-state index in [4.69, 9.17) is 33.6 Å². The number of thioether (sulfide) groups is 1. The van der Waals surface area contributed by atoms with Gasteiger partial charge in [0.2, 0.25) is 17.6 Å². The number of Topliss-reactive ketones (excluding diaryl/α,β-unsaturated/α-hetero) is 1. The number of aliphatic carboxylic acids is 1. The minimum atomic E-state index is -5.08. The van der Waals surface area contributed by atoms with Gasteiger partial charge >= 0.3 is 18.1 Å². The van der Waals surface area contributed by atoms with E-state index in [2.05, 4.69) is 41.9 Å². The van der Waals surface area contributed by atoms with Crippen molar-refractivity contribution in [2.45, 2.75) is 25.9 Å². The van der Waals surface area contributed by atoms with E-state index in [0.717, 1.165) is 71.9 Å². The minimum absolute atomic E-state index is 0.0796. The zero-order valence-corrected chi connectivity index (χ0v) is 46.3. The number of phenolic OH excluding ortho intramolecular Hbond substituents is 1. The molecule has 5 aromatic rings. The van der Waals surface area contributed by atoms with Crippen LogP contribution in [0, 0.1) is 0 Å². The Kier molecular flexibility index (Phi) is 23.4. The fourth-order valence-corrected chi connectivity index (χ4v) is 9.13. The number of aliphatic imine (C=N–C) groups is 2. The molecule has 0 bridgehead atoms. The van der Waals surface area contributed by atoms with Crippen molar-refractivity contribution in [2.75, 3.05) is 102 Å². The van der Waals surface area contributed by atoms with E-state index in [-0.39, 0.29) is 100 Å². The number of amides is 3. The maximum Gasteiger partial charge on any atom is 0.490 e. The van der Waals surface area contributed by atoms with Gasteiger partial charge in [-0.25, -0.2) is 9.59 Å². The number of ketones is 1. The van der Waals surface area contributed by atoms with Crippen LogP contribution < -0.4 is 36.6 Å². The highest BCUT2D eigenvalue weighted by Crippen LogP contribution is 2.41. The largest absolute Gasteiger partial charge is 0.504 e. The van der Waals surface area contributed by atoms with Crippen LogP contribution in [0.4, 0.5) is 30.2 Å². The first kappa shape index (κ1) is 62.6. The van der Waals surface area contributed by atoms with Crippen molar-refractivity contribution in [3.8, 4) is 11.5 Å². The third kappa shape index (κ3) is 19.6. The SMILES string of the molecule is CCOC(=O)C1=C(Nc2ccccc2)S/C(=C\c2ccc(OCCOCCOCCOCCNC(=O)c3cc(NC(=O)Cc4ccc(C5=NCCN5)cc4)cc(NC(=O)Cc4ccc(C5=NCCN5)cc4)c3)c(O)c2)C1=O.O=C(O)C(F)(F)F. The average Bonchev–Trinajstić information content (AvgIpc) is 4.10. The van der Waals surface area contributed by atoms with Crippen LogP contribution in [0.1, 0.15) is 45.1 Å². The number of hydrogen-bond acceptors (Lipinski definition) is 18. The number of carbonyl (C=O) groups excluding carboxylic acids is 5. The Bertz CT molecular complexity index is 3170. The molecule has 0 saturated heterocycles. The number of carboxylic acid groups (broad SMARTS) is 1. The number of alkyl halides is 3. The maximum absolute atomic E-state index is 13.4. The number of carboxylic acids is 1. The summed E-state index contributed by atoms with van der Waals surface area (Å²) in [6.07, 6.45) is -3.31. The molecule has 25 heteroatoms. The number of hydrogen-bond donors (Lipinski definition) is 8. The zero-order chi connectivity index (χ0) is 59.8. The summed E-state index contributed by atoms with van der Waals surface area (Å²) in [6, 6.07) is 33.9. The number of amidine groups is 2. The number of benzene rings is 5. The summed E-state index contributed by atoms with van der Waals surface area (Å²) in [7, 11) is 0. The smallest absolute Gasteiger partial charge is 0.490 e. The Morgan fingerprint density at radius 3 is 1.73 bits per heavy atom. The van der Waals surface area contributed by atoms with Crippen LogP contribution >= 0.6 is 11.8 Å². The molecule has 5 aromatic carbocycles. The van der Waals surface area contributed by atoms with Crippen LogP contribution in [0.15, 0.2) is 141 Å². The molecule has 0 aliphatic carbocycles. The Morgan fingerprint density at radius 2 is 1.23 bits per heavy atom. The second-order valence-electron chi connectivity index (χ2n) is 18.3. The quantitative estimate of drug-likeness (QED) is 0.0121. The van der Waals surface area contributed by atoms with E-state index < -0.39 is 29.8 Å². The molecule has 3 aliphatic heterocycles. The summed E-state index contributed by atoms with van der Waals surface area (Å²) in [5.41, 5.74) is 5.57. The lowest BCUT2D eigenvalue weighted by Crippen LogP contribution is -2.28. The number of rotatable bonds is 27. The van der Waals surface area contributed by atoms with Gasteiger partial charge in [-0.1, -0.05) is 84.6 Å². The zero-order valence-electron chi connectivity index (χ0n) is 45.5. The van der Waals surface area contributed by atoms with Gasteiger partial charge in [-0.2, -0.15) is 13.2 Å². The van der Waals surface area contributed by atoms with E-state index in [0.29, 0.717) is 39.2 Å². The normalized spacial score (nSPS) is 14.1. The summed E-state index contributed by atoms with van der Waals surface area (Å²) < 4.78 is 59.5. The number of anilines is 3. The lowest BCUT2D eigenvalue weighted by Gasteiger charge is -2.13. The molecule has 8 rings (SSSR count). The number of nitrogens with zero attached hydrogens (tertiary/aromatic N) is 2. The van der Waals surface area contributed by atoms with Crippen LogP contribution in [0.2, 0.25) is 0 Å². The highest BCUT2D eigenvalue weighted by atomic mass is 32.2. The van der Waals surface area contributed by atoms with E-state index in [1.807, 2.05) is 78.9 Å². The van der Waals surface area contributed by atoms with Crippen molar-refractivity contribution >= 4 is 82.0 Å². The number of carbonyl (C=O) groups is 6. The van der Waals surface area contributed by atoms with Gasteiger partial charge in [0.25, 0.3) is 5.91 Å². The number of halogens is 3. The van der Waals surface area contributed by atoms with Crippen molar-refractivity contribution in [3.05, 3.63) is 164 Å². The number of ether oxygens (including phenoxy) is 5. The second kappa shape index (κ2) is 31.4. The fourth-order valence-electron chi connectivity index (χ4n) is 8.07. The molecule has 0 aromatic heterocycles. The second-order valence-corrected chi connectivity index (χ2v) is 19.3. The molecule has 0 unspecified atom stereocenters. The lowest BCUT2D eigenvalue weighted by molar-refractivity contribution is -0.192. The van der Waals surface area contributed by atoms with E-state index in [1.54, 1.807) is 43.3 Å². The van der Waals surface area contributed by atoms with Gasteiger partial charge in [-0.3, -0.25) is 29.2 Å². The Labute approximate surface area is 485 Å². The monoisotopic (exact) mass is 1180 g/mol. The van der Waals surface area contributed by atoms with Crippen LogP contribution in [-0.2, 0) is 55.8 Å². The van der Waals surface area contributed by atoms with Gasteiger partial charge in [0.1, 0.15) is 23.9 Å². The number of esters is 1. The topological polar surface area (TPSA) is 286 Å². The van der Waals surface area contributed by atoms with Crippen molar-refractivity contribution in [2.24, 2.45) is 9.98 Å². The number of aromatic hydroxyl groups is 1. The molecule has 8 N–H and O–H groups in total. The predicted molar refractivity (Wildman–Crippen MR) is 309 cm³/mol. The third-order valence-electron chi connectivity index (χ3n) is 12.0. The first-order chi connectivity index (χ1) is 40.5. The predicted octanol–water partition coefficient (Wildman–Crippen LogP) is 6.49. The standard InChI is InChI=1S/C57H60N8O11S.C2HF3O2/c1-2-75-57(71)51-52(69)48(77-56(51)65-43-6-4-3-5-7-43)31-39-12-17-47(46(66)30-39)76-29-28-74-27-26-73-25-24-72-23-22-62-55(70)42-34-44(63-49(67)32-37-8-13-40(14-9-37)53-58-18-19-59-53)36-45(35-42)64-50(68)33-38-10-15-41(16-11-38)54-60-20-21-61-54;3-2(4,5)1(6)7/h3-17,30-31,34-36,65-66H,2,18-29,32-33H2,1H3,(H,58,59)(H,60,61)(H,62,70)(H,63,67)(H,64,68);(H,6,7)/b48-31-;. The minimum Gasteiger partial charge on any atom is -0.504 e. The summed E-state index contributed by atoms with van der Waals surface area (Å²) >= 11 is 1.11. The number of phenols is 1. The lowest BCUT2D eigenvalue weighted by atomic mass is 10.1. The molecule has 84 heavy (non-hydrogen) atoms. The Morgan fingerprint density at radius 1 is 0.690 bits per heavy atom. The molecule has 3 amide bonds. The molecule has 0 spiro atoms. The number of allylic oxidation sites excluding steroid dienone is 1. The average molecular weight is 1180 g/mol. The van der Waals surface area contributed by atoms with Crippen molar-refractivity contribution in [1.29, 1.82) is 0 Å². The van der Waals surface area contributed by atoms with Crippen molar-refractivity contribution in [3.63, 3.8) is 0 Å². The third-order valence-corrected chi connectivity index (χ3v) is 13.0. The van der Waals surface area contributed by atoms with Gasteiger partial charge in [-0.15, -0.1) is 0 Å². The highest BCUT2D eigenvalue weighted by Gasteiger charge is 2.38. The van der Waals surface area contributed by atoms with Crippen LogP contribution in [-0.4, -0.2) is 149 Å². The summed E-state index contributed by atoms with van der Waals surface area (Å²) in [5.74, 6) is -3.20. The molecular formula is C59H61F3N8O13S. The molecule has 442 valence electrons. The van der Waals surface area contributed by atoms with E-state index >= 15 is 0 Å². The van der Waals surface area contributed by atoms with E-state index in [1.165, 1.54) is 6.07 Å². The van der Waals surface area contributed by atoms with Gasteiger partial charge in [-0.05, 0) is 72.2 Å². The van der Waals surface area contributed by atoms with Crippen LogP contribution in [0.3, 0.4) is 0 Å². The Hall–Kier alpha value is -9.04. The molecule has 0 radical (unpaired) electrons. The first-order valence-electron chi connectivity index (χ1n) is 26.5. The molecule has 0 saturated carbocycles. The number of nitrogens with one attached hydrogen (secondary N) is 6. The molecular weight excluding hydrogens is 1120 g/mol. The fraction of sp³-hybridized carbons (Fsp3) is 0.288. The Balaban J connectivity index is 0.00000136. The van der Waals surface area contributed by atoms with Gasteiger partial charge in [0.05, 0.1) is 82.1 Å². The summed E-state index contributed by atoms with van der Waals surface area (Å²) in [4.78, 5) is 84.1. The van der Waals surface area contributed by atoms with Crippen LogP contribution in [0.25, 0.3) is 6.08 Å². The highest BCUT2D eigenvalue weighted by molar-refractivity contribution is 8.08. The molecule has 0 atom stereocenters. The van der Waals surface area contributed by atoms with Gasteiger partial charge < -0.3 is 65.8 Å². The first-order valence-corrected chi connectivity index (χ1v) is 27.3. The summed E-state index contributed by atoms with van der Waals surface area (Å²) in [6.45, 7) is 6.76. The molecule has 3 aliphatic rings. The number of para-hydroxylation sites is 1. The van der Waals surface area contributed by atoms with Gasteiger partial charge in [0, 0.05) is 53.4 Å². The van der Waals surface area contributed by atoms with Crippen LogP contribution in [0.5, 0.6) is 11.5 Å². The molecule has 0 fully saturated rings. The molecule has 21 nitrogen and oxygen atoms in total.